The number of phenolic OH excluding ortho intramolecular Hbond substituents is 1. The Hall–Kier alpha value is -1.42. The van der Waals surface area contributed by atoms with Gasteiger partial charge in [0.15, 0.2) is 11.5 Å². The fourth-order valence-corrected chi connectivity index (χ4v) is 1.13. The Morgan fingerprint density at radius 3 is 2.80 bits per heavy atom. The van der Waals surface area contributed by atoms with E-state index in [1.165, 1.54) is 0 Å². The first kappa shape index (κ1) is 11.7. The molecule has 0 atom stereocenters. The van der Waals surface area contributed by atoms with Crippen molar-refractivity contribution in [2.75, 3.05) is 19.8 Å². The maximum absolute atomic E-state index is 9.44. The second-order valence-corrected chi connectivity index (χ2v) is 3.05. The highest BCUT2D eigenvalue weighted by Gasteiger charge is 2.03. The summed E-state index contributed by atoms with van der Waals surface area (Å²) in [5, 5.41) is 9.44. The molecule has 0 saturated carbocycles. The molecule has 0 heterocycles. The lowest BCUT2D eigenvalue weighted by atomic mass is 10.3. The van der Waals surface area contributed by atoms with E-state index < -0.39 is 0 Å². The van der Waals surface area contributed by atoms with Gasteiger partial charge in [-0.15, -0.1) is 0 Å². The van der Waals surface area contributed by atoms with Gasteiger partial charge in [-0.1, -0.05) is 0 Å². The van der Waals surface area contributed by atoms with Crippen molar-refractivity contribution in [3.8, 4) is 17.2 Å². The van der Waals surface area contributed by atoms with Crippen molar-refractivity contribution in [3.63, 3.8) is 0 Å². The lowest BCUT2D eigenvalue weighted by Crippen LogP contribution is -2.06. The van der Waals surface area contributed by atoms with E-state index in [1.54, 1.807) is 18.2 Å². The Kier molecular flexibility index (Phi) is 4.77. The molecule has 1 aromatic carbocycles. The molecule has 1 rings (SSSR count). The van der Waals surface area contributed by atoms with Crippen LogP contribution in [-0.2, 0) is 0 Å². The number of benzene rings is 1. The second kappa shape index (κ2) is 6.14. The molecular weight excluding hydrogens is 194 g/mol. The first-order chi connectivity index (χ1) is 7.27. The zero-order valence-corrected chi connectivity index (χ0v) is 8.90. The summed E-state index contributed by atoms with van der Waals surface area (Å²) in [6, 6.07) is 4.94. The standard InChI is InChI=1S/C11H17NO3/c1-2-14-11-8-9(4-5-10(11)13)15-7-3-6-12/h4-5,8,13H,2-3,6-7,12H2,1H3. The predicted molar refractivity (Wildman–Crippen MR) is 58.4 cm³/mol. The zero-order valence-electron chi connectivity index (χ0n) is 8.90. The second-order valence-electron chi connectivity index (χ2n) is 3.05. The van der Waals surface area contributed by atoms with E-state index in [0.717, 1.165) is 6.42 Å². The molecule has 84 valence electrons. The highest BCUT2D eigenvalue weighted by molar-refractivity contribution is 5.44. The minimum absolute atomic E-state index is 0.128. The molecule has 0 saturated heterocycles. The summed E-state index contributed by atoms with van der Waals surface area (Å²) in [7, 11) is 0. The third-order valence-electron chi connectivity index (χ3n) is 1.85. The molecule has 0 aliphatic carbocycles. The topological polar surface area (TPSA) is 64.7 Å². The largest absolute Gasteiger partial charge is 0.504 e. The number of rotatable bonds is 6. The Bertz CT molecular complexity index is 302. The van der Waals surface area contributed by atoms with Crippen molar-refractivity contribution in [2.45, 2.75) is 13.3 Å². The molecule has 0 aromatic heterocycles. The van der Waals surface area contributed by atoms with Crippen LogP contribution in [0.3, 0.4) is 0 Å². The van der Waals surface area contributed by atoms with Crippen molar-refractivity contribution in [1.82, 2.24) is 0 Å². The van der Waals surface area contributed by atoms with E-state index in [9.17, 15) is 5.11 Å². The van der Waals surface area contributed by atoms with Crippen LogP contribution in [0.4, 0.5) is 0 Å². The van der Waals surface area contributed by atoms with E-state index in [-0.39, 0.29) is 5.75 Å². The maximum Gasteiger partial charge on any atom is 0.164 e. The van der Waals surface area contributed by atoms with Gasteiger partial charge < -0.3 is 20.3 Å². The van der Waals surface area contributed by atoms with Crippen LogP contribution in [0.2, 0.25) is 0 Å². The van der Waals surface area contributed by atoms with Crippen LogP contribution in [0.1, 0.15) is 13.3 Å². The quantitative estimate of drug-likeness (QED) is 0.700. The maximum atomic E-state index is 9.44. The SMILES string of the molecule is CCOc1cc(OCCCN)ccc1O. The van der Waals surface area contributed by atoms with Gasteiger partial charge in [-0.2, -0.15) is 0 Å². The summed E-state index contributed by atoms with van der Waals surface area (Å²) in [5.41, 5.74) is 5.35. The third kappa shape index (κ3) is 3.67. The highest BCUT2D eigenvalue weighted by Crippen LogP contribution is 2.30. The summed E-state index contributed by atoms with van der Waals surface area (Å²) in [5.74, 6) is 1.26. The number of aromatic hydroxyl groups is 1. The van der Waals surface area contributed by atoms with Gasteiger partial charge in [-0.3, -0.25) is 0 Å². The fraction of sp³-hybridized carbons (Fsp3) is 0.455. The van der Waals surface area contributed by atoms with Crippen LogP contribution in [0.5, 0.6) is 17.2 Å². The normalized spacial score (nSPS) is 10.0. The molecule has 0 amide bonds. The van der Waals surface area contributed by atoms with Crippen molar-refractivity contribution in [1.29, 1.82) is 0 Å². The van der Waals surface area contributed by atoms with Crippen molar-refractivity contribution in [2.24, 2.45) is 5.73 Å². The molecule has 4 heteroatoms. The first-order valence-electron chi connectivity index (χ1n) is 5.06. The van der Waals surface area contributed by atoms with E-state index in [2.05, 4.69) is 0 Å². The molecule has 0 aliphatic rings. The molecular formula is C11H17NO3. The molecule has 0 aliphatic heterocycles. The Morgan fingerprint density at radius 1 is 1.33 bits per heavy atom. The van der Waals surface area contributed by atoms with Gasteiger partial charge in [0, 0.05) is 6.07 Å². The molecule has 1 aromatic rings. The van der Waals surface area contributed by atoms with E-state index in [1.807, 2.05) is 6.92 Å². The lowest BCUT2D eigenvalue weighted by Gasteiger charge is -2.09. The van der Waals surface area contributed by atoms with Gasteiger partial charge in [0.2, 0.25) is 0 Å². The molecule has 0 bridgehead atoms. The van der Waals surface area contributed by atoms with Crippen LogP contribution >= 0.6 is 0 Å². The van der Waals surface area contributed by atoms with Crippen LogP contribution < -0.4 is 15.2 Å². The fourth-order valence-electron chi connectivity index (χ4n) is 1.13. The zero-order chi connectivity index (χ0) is 11.1. The van der Waals surface area contributed by atoms with E-state index in [4.69, 9.17) is 15.2 Å². The van der Waals surface area contributed by atoms with Gasteiger partial charge in [0.05, 0.1) is 13.2 Å². The Morgan fingerprint density at radius 2 is 2.13 bits per heavy atom. The van der Waals surface area contributed by atoms with Crippen LogP contribution in [0.15, 0.2) is 18.2 Å². The smallest absolute Gasteiger partial charge is 0.164 e. The average Bonchev–Trinajstić information content (AvgIpc) is 2.23. The molecule has 0 radical (unpaired) electrons. The molecule has 0 fully saturated rings. The lowest BCUT2D eigenvalue weighted by molar-refractivity contribution is 0.298. The summed E-state index contributed by atoms with van der Waals surface area (Å²) in [4.78, 5) is 0. The van der Waals surface area contributed by atoms with Gasteiger partial charge in [0.1, 0.15) is 5.75 Å². The van der Waals surface area contributed by atoms with Crippen LogP contribution in [0, 0.1) is 0 Å². The van der Waals surface area contributed by atoms with E-state index >= 15 is 0 Å². The number of ether oxygens (including phenoxy) is 2. The Labute approximate surface area is 89.6 Å². The molecule has 15 heavy (non-hydrogen) atoms. The minimum Gasteiger partial charge on any atom is -0.504 e. The molecule has 0 spiro atoms. The Balaban J connectivity index is 2.61. The number of phenols is 1. The average molecular weight is 211 g/mol. The van der Waals surface area contributed by atoms with Crippen LogP contribution in [0.25, 0.3) is 0 Å². The summed E-state index contributed by atoms with van der Waals surface area (Å²) < 4.78 is 10.6. The molecule has 3 N–H and O–H groups in total. The minimum atomic E-state index is 0.128. The monoisotopic (exact) mass is 211 g/mol. The first-order valence-corrected chi connectivity index (χ1v) is 5.06. The van der Waals surface area contributed by atoms with E-state index in [0.29, 0.717) is 31.3 Å². The number of hydrogen-bond donors (Lipinski definition) is 2. The van der Waals surface area contributed by atoms with Crippen molar-refractivity contribution >= 4 is 0 Å². The predicted octanol–water partition coefficient (Wildman–Crippen LogP) is 1.52. The highest BCUT2D eigenvalue weighted by atomic mass is 16.5. The van der Waals surface area contributed by atoms with Gasteiger partial charge in [-0.25, -0.2) is 0 Å². The summed E-state index contributed by atoms with van der Waals surface area (Å²) in [6.45, 7) is 3.56. The van der Waals surface area contributed by atoms with Gasteiger partial charge >= 0.3 is 0 Å². The van der Waals surface area contributed by atoms with Crippen molar-refractivity contribution in [3.05, 3.63) is 18.2 Å². The number of hydrogen-bond acceptors (Lipinski definition) is 4. The summed E-state index contributed by atoms with van der Waals surface area (Å²) >= 11 is 0. The molecule has 0 unspecified atom stereocenters. The van der Waals surface area contributed by atoms with Gasteiger partial charge in [-0.05, 0) is 32.0 Å². The summed E-state index contributed by atoms with van der Waals surface area (Å²) in [6.07, 6.45) is 0.810. The third-order valence-corrected chi connectivity index (χ3v) is 1.85. The van der Waals surface area contributed by atoms with Crippen molar-refractivity contribution < 1.29 is 14.6 Å². The molecule has 4 nitrogen and oxygen atoms in total. The van der Waals surface area contributed by atoms with Crippen LogP contribution in [-0.4, -0.2) is 24.9 Å². The van der Waals surface area contributed by atoms with Gasteiger partial charge in [0.25, 0.3) is 0 Å². The number of nitrogens with two attached hydrogens (primary N) is 1.